The van der Waals surface area contributed by atoms with Crippen LogP contribution in [0.4, 0.5) is 0 Å². The second-order valence-corrected chi connectivity index (χ2v) is 2.04. The Balaban J connectivity index is 3.34. The number of nitrogens with zero attached hydrogens (tertiary/aromatic N) is 1. The van der Waals surface area contributed by atoms with Gasteiger partial charge in [0.1, 0.15) is 5.69 Å². The van der Waals surface area contributed by atoms with E-state index in [1.165, 1.54) is 4.57 Å². The van der Waals surface area contributed by atoms with E-state index >= 15 is 0 Å². The second kappa shape index (κ2) is 2.01. The molecule has 0 aliphatic carbocycles. The molecule has 1 N–H and O–H groups in total. The molecular formula is C6H9N2O+. The summed E-state index contributed by atoms with van der Waals surface area (Å²) in [5.41, 5.74) is 0.813. The SMILES string of the molecule is Cc1cc[n+](C)c(=O)[nH]1. The van der Waals surface area contributed by atoms with E-state index in [0.29, 0.717) is 0 Å². The highest BCUT2D eigenvalue weighted by molar-refractivity contribution is 4.89. The van der Waals surface area contributed by atoms with Crippen LogP contribution >= 0.6 is 0 Å². The number of aromatic amines is 1. The summed E-state index contributed by atoms with van der Waals surface area (Å²) in [6, 6.07) is 1.85. The fourth-order valence-electron chi connectivity index (χ4n) is 0.590. The van der Waals surface area contributed by atoms with Crippen molar-refractivity contribution < 1.29 is 4.57 Å². The van der Waals surface area contributed by atoms with Gasteiger partial charge >= 0.3 is 5.69 Å². The molecule has 0 unspecified atom stereocenters. The number of rotatable bonds is 0. The van der Waals surface area contributed by atoms with E-state index < -0.39 is 0 Å². The zero-order valence-corrected chi connectivity index (χ0v) is 5.51. The first kappa shape index (κ1) is 6.01. The van der Waals surface area contributed by atoms with E-state index in [-0.39, 0.29) is 5.69 Å². The fourth-order valence-corrected chi connectivity index (χ4v) is 0.590. The minimum absolute atomic E-state index is 0.0741. The molecule has 0 spiro atoms. The van der Waals surface area contributed by atoms with Gasteiger partial charge < -0.3 is 0 Å². The van der Waals surface area contributed by atoms with Crippen molar-refractivity contribution in [3.63, 3.8) is 0 Å². The maximum Gasteiger partial charge on any atom is 0.495 e. The molecule has 3 heteroatoms. The lowest BCUT2D eigenvalue weighted by molar-refractivity contribution is -0.689. The Hall–Kier alpha value is -1.12. The fraction of sp³-hybridized carbons (Fsp3) is 0.333. The van der Waals surface area contributed by atoms with E-state index in [9.17, 15) is 4.79 Å². The molecule has 1 aromatic heterocycles. The van der Waals surface area contributed by atoms with Gasteiger partial charge in [0, 0.05) is 6.07 Å². The number of hydrogen-bond donors (Lipinski definition) is 1. The summed E-state index contributed by atoms with van der Waals surface area (Å²) in [7, 11) is 1.71. The molecule has 0 bridgehead atoms. The molecule has 0 fully saturated rings. The van der Waals surface area contributed by atoms with E-state index in [4.69, 9.17) is 0 Å². The first-order valence-corrected chi connectivity index (χ1v) is 2.76. The first-order valence-electron chi connectivity index (χ1n) is 2.76. The monoisotopic (exact) mass is 125 g/mol. The lowest BCUT2D eigenvalue weighted by Gasteiger charge is -1.85. The molecule has 9 heavy (non-hydrogen) atoms. The number of H-pyrrole nitrogens is 1. The van der Waals surface area contributed by atoms with Gasteiger partial charge in [-0.2, -0.15) is 4.79 Å². The lowest BCUT2D eigenvalue weighted by Crippen LogP contribution is -2.47. The van der Waals surface area contributed by atoms with Crippen molar-refractivity contribution in [3.05, 3.63) is 28.4 Å². The van der Waals surface area contributed by atoms with Crippen molar-refractivity contribution in [1.29, 1.82) is 0 Å². The minimum atomic E-state index is -0.0741. The number of aryl methyl sites for hydroxylation is 2. The van der Waals surface area contributed by atoms with Gasteiger partial charge in [-0.3, -0.25) is 0 Å². The average molecular weight is 125 g/mol. The van der Waals surface area contributed by atoms with E-state index in [1.54, 1.807) is 13.2 Å². The zero-order chi connectivity index (χ0) is 6.85. The summed E-state index contributed by atoms with van der Waals surface area (Å²) in [5.74, 6) is 0. The van der Waals surface area contributed by atoms with Crippen LogP contribution < -0.4 is 10.3 Å². The Kier molecular flexibility index (Phi) is 1.34. The number of aromatic nitrogens is 2. The van der Waals surface area contributed by atoms with E-state index in [0.717, 1.165) is 5.69 Å². The molecule has 3 nitrogen and oxygen atoms in total. The molecule has 0 aliphatic rings. The molecule has 48 valence electrons. The van der Waals surface area contributed by atoms with Crippen molar-refractivity contribution >= 4 is 0 Å². The number of hydrogen-bond acceptors (Lipinski definition) is 1. The maximum atomic E-state index is 10.7. The average Bonchev–Trinajstić information content (AvgIpc) is 1.80. The molecular weight excluding hydrogens is 116 g/mol. The second-order valence-electron chi connectivity index (χ2n) is 2.04. The number of nitrogens with one attached hydrogen (secondary N) is 1. The van der Waals surface area contributed by atoms with Crippen LogP contribution in [0, 0.1) is 6.92 Å². The highest BCUT2D eigenvalue weighted by Gasteiger charge is 1.95. The topological polar surface area (TPSA) is 36.7 Å². The summed E-state index contributed by atoms with van der Waals surface area (Å²) in [6.07, 6.45) is 1.73. The molecule has 1 heterocycles. The summed E-state index contributed by atoms with van der Waals surface area (Å²) >= 11 is 0. The molecule has 0 atom stereocenters. The van der Waals surface area contributed by atoms with Gasteiger partial charge in [-0.25, -0.2) is 9.55 Å². The third-order valence-corrected chi connectivity index (χ3v) is 1.17. The quantitative estimate of drug-likeness (QED) is 0.467. The van der Waals surface area contributed by atoms with Crippen molar-refractivity contribution in [1.82, 2.24) is 4.98 Å². The Labute approximate surface area is 53.0 Å². The van der Waals surface area contributed by atoms with Crippen LogP contribution in [0.15, 0.2) is 17.1 Å². The Morgan fingerprint density at radius 3 is 2.78 bits per heavy atom. The first-order chi connectivity index (χ1) is 4.20. The van der Waals surface area contributed by atoms with E-state index in [1.807, 2.05) is 13.0 Å². The van der Waals surface area contributed by atoms with Crippen molar-refractivity contribution in [2.75, 3.05) is 0 Å². The lowest BCUT2D eigenvalue weighted by atomic mass is 10.5. The van der Waals surface area contributed by atoms with Gasteiger partial charge in [0.05, 0.1) is 13.2 Å². The summed E-state index contributed by atoms with van der Waals surface area (Å²) in [4.78, 5) is 13.4. The Bertz CT molecular complexity index is 264. The molecule has 1 aromatic rings. The zero-order valence-electron chi connectivity index (χ0n) is 5.51. The van der Waals surface area contributed by atoms with Crippen LogP contribution in [0.1, 0.15) is 5.69 Å². The Morgan fingerprint density at radius 2 is 2.33 bits per heavy atom. The molecule has 0 aromatic carbocycles. The van der Waals surface area contributed by atoms with Crippen LogP contribution in [0.5, 0.6) is 0 Å². The van der Waals surface area contributed by atoms with Gasteiger partial charge in [-0.1, -0.05) is 0 Å². The van der Waals surface area contributed by atoms with Crippen molar-refractivity contribution in [2.24, 2.45) is 7.05 Å². The van der Waals surface area contributed by atoms with Gasteiger partial charge in [-0.15, -0.1) is 0 Å². The standard InChI is InChI=1S/C6H8N2O/c1-5-3-4-8(2)6(9)7-5/h3-4H,1-2H3/p+1. The maximum absolute atomic E-state index is 10.7. The largest absolute Gasteiger partial charge is 0.495 e. The predicted molar refractivity (Wildman–Crippen MR) is 33.0 cm³/mol. The van der Waals surface area contributed by atoms with Crippen molar-refractivity contribution in [2.45, 2.75) is 6.92 Å². The van der Waals surface area contributed by atoms with Crippen LogP contribution in [-0.2, 0) is 7.05 Å². The third kappa shape index (κ3) is 1.16. The van der Waals surface area contributed by atoms with Gasteiger partial charge in [0.25, 0.3) is 0 Å². The third-order valence-electron chi connectivity index (χ3n) is 1.17. The van der Waals surface area contributed by atoms with Crippen LogP contribution in [0.3, 0.4) is 0 Å². The van der Waals surface area contributed by atoms with Gasteiger partial charge in [0.2, 0.25) is 0 Å². The predicted octanol–water partition coefficient (Wildman–Crippen LogP) is -0.492. The highest BCUT2D eigenvalue weighted by Crippen LogP contribution is 1.77. The summed E-state index contributed by atoms with van der Waals surface area (Å²) in [6.45, 7) is 1.85. The minimum Gasteiger partial charge on any atom is -0.208 e. The molecule has 1 rings (SSSR count). The van der Waals surface area contributed by atoms with Gasteiger partial charge in [-0.05, 0) is 6.92 Å². The summed E-state index contributed by atoms with van der Waals surface area (Å²) in [5, 5.41) is 0. The molecule has 0 amide bonds. The van der Waals surface area contributed by atoms with Crippen molar-refractivity contribution in [3.8, 4) is 0 Å². The molecule has 0 radical (unpaired) electrons. The van der Waals surface area contributed by atoms with Gasteiger partial charge in [0.15, 0.2) is 0 Å². The van der Waals surface area contributed by atoms with Crippen LogP contribution in [0.25, 0.3) is 0 Å². The molecule has 0 saturated heterocycles. The van der Waals surface area contributed by atoms with Crippen LogP contribution in [-0.4, -0.2) is 4.98 Å². The highest BCUT2D eigenvalue weighted by atomic mass is 16.1. The molecule has 0 saturated carbocycles. The van der Waals surface area contributed by atoms with E-state index in [2.05, 4.69) is 4.98 Å². The Morgan fingerprint density at radius 1 is 1.67 bits per heavy atom. The van der Waals surface area contributed by atoms with Crippen LogP contribution in [0.2, 0.25) is 0 Å². The summed E-state index contributed by atoms with van der Waals surface area (Å²) < 4.78 is 1.49. The smallest absolute Gasteiger partial charge is 0.208 e. The normalized spacial score (nSPS) is 9.56. The molecule has 0 aliphatic heterocycles.